The van der Waals surface area contributed by atoms with E-state index in [9.17, 15) is 94.3 Å². The average Bonchev–Trinajstić information content (AvgIpc) is 0.789. The van der Waals surface area contributed by atoms with E-state index in [0.29, 0.717) is 0 Å². The second-order valence-electron chi connectivity index (χ2n) is 24.8. The summed E-state index contributed by atoms with van der Waals surface area (Å²) in [5.74, 6) is -9.96. The van der Waals surface area contributed by atoms with Crippen LogP contribution in [0.2, 0.25) is 0 Å². The summed E-state index contributed by atoms with van der Waals surface area (Å²) in [5, 5.41) is 158. The number of aromatic carboxylic acids is 2. The van der Waals surface area contributed by atoms with Gasteiger partial charge >= 0.3 is 11.9 Å². The number of aliphatic hydroxyl groups is 8. The molecule has 2 aromatic heterocycles. The van der Waals surface area contributed by atoms with Crippen LogP contribution in [0.15, 0.2) is 183 Å². The number of aliphatic hydroxyl groups excluding tert-OH is 8. The lowest BCUT2D eigenvalue weighted by molar-refractivity contribution is 0.0684. The summed E-state index contributed by atoms with van der Waals surface area (Å²) >= 11 is 0. The number of aromatic nitrogens is 6. The molecule has 6 aromatic carbocycles. The molecule has 0 aliphatic rings. The van der Waals surface area contributed by atoms with Gasteiger partial charge < -0.3 is 51.1 Å². The Labute approximate surface area is 657 Å². The van der Waals surface area contributed by atoms with Gasteiger partial charge in [0, 0.05) is 104 Å². The number of benzene rings is 6. The third kappa shape index (κ3) is 24.7. The molecule has 0 saturated carbocycles. The second-order valence-corrected chi connectivity index (χ2v) is 32.5. The van der Waals surface area contributed by atoms with Crippen LogP contribution >= 0.6 is 0 Å². The van der Waals surface area contributed by atoms with E-state index in [2.05, 4.69) is 59.9 Å². The number of carboxylic acid groups (broad SMARTS) is 2. The van der Waals surface area contributed by atoms with Crippen LogP contribution in [0.25, 0.3) is 11.1 Å². The van der Waals surface area contributed by atoms with Gasteiger partial charge in [0.05, 0.1) is 64.8 Å². The van der Waals surface area contributed by atoms with Crippen LogP contribution in [-0.4, -0.2) is 243 Å². The number of hydrogen-bond donors (Lipinski definition) is 24. The van der Waals surface area contributed by atoms with Crippen LogP contribution in [0.5, 0.6) is 0 Å². The second kappa shape index (κ2) is 38.8. The van der Waals surface area contributed by atoms with Gasteiger partial charge in [-0.05, 0) is 108 Å². The van der Waals surface area contributed by atoms with Crippen molar-refractivity contribution in [3.63, 3.8) is 0 Å². The number of hydrogen-bond acceptors (Lipinski definition) is 24. The molecule has 0 radical (unpaired) electrons. The van der Waals surface area contributed by atoms with Crippen LogP contribution in [0.4, 0.5) is 34.1 Å². The summed E-state index contributed by atoms with van der Waals surface area (Å²) in [4.78, 5) is 69.6. The van der Waals surface area contributed by atoms with Gasteiger partial charge in [-0.25, -0.2) is 73.2 Å². The maximum Gasteiger partial charge on any atom is 0.336 e. The molecule has 116 heavy (non-hydrogen) atoms. The first kappa shape index (κ1) is 88.1. The number of rotatable bonds is 41. The lowest BCUT2D eigenvalue weighted by atomic mass is 9.94. The van der Waals surface area contributed by atoms with Crippen LogP contribution in [0, 0.1) is 43.3 Å². The van der Waals surface area contributed by atoms with Gasteiger partial charge in [-0.15, -0.1) is 0 Å². The molecule has 0 aliphatic carbocycles. The minimum Gasteiger partial charge on any atom is -0.497 e. The molecule has 48 heteroatoms. The summed E-state index contributed by atoms with van der Waals surface area (Å²) in [6, 6.07) is 27.2. The van der Waals surface area contributed by atoms with Crippen molar-refractivity contribution in [2.45, 2.75) is 70.9 Å². The van der Waals surface area contributed by atoms with Gasteiger partial charge in [0.1, 0.15) is 0 Å². The Morgan fingerprint density at radius 1 is 0.267 bits per heavy atom. The van der Waals surface area contributed by atoms with Crippen molar-refractivity contribution in [1.29, 1.82) is 43.3 Å². The monoisotopic (exact) mass is 1680 g/mol. The van der Waals surface area contributed by atoms with E-state index < -0.39 is 214 Å². The molecule has 0 atom stereocenters. The maximum absolute atomic E-state index is 14.1. The summed E-state index contributed by atoms with van der Waals surface area (Å²) in [7, 11) is -18.0. The fourth-order valence-electron chi connectivity index (χ4n) is 10.7. The molecule has 0 bridgehead atoms. The Balaban J connectivity index is 1.28. The normalized spacial score (nSPS) is 12.6. The van der Waals surface area contributed by atoms with Crippen molar-refractivity contribution in [3.8, 4) is 11.1 Å². The first-order valence-electron chi connectivity index (χ1n) is 34.1. The Morgan fingerprint density at radius 3 is 0.603 bits per heavy atom. The number of carbonyl (C=O) groups is 2. The van der Waals surface area contributed by atoms with E-state index in [1.165, 1.54) is 97.1 Å². The molecule has 0 spiro atoms. The predicted octanol–water partition coefficient (Wildman–Crippen LogP) is 5.48. The smallest absolute Gasteiger partial charge is 0.336 e. The van der Waals surface area contributed by atoms with Crippen molar-refractivity contribution in [2.75, 3.05) is 52.4 Å². The highest BCUT2D eigenvalue weighted by molar-refractivity contribution is 7.90. The first-order valence-corrected chi connectivity index (χ1v) is 39.8. The zero-order valence-corrected chi connectivity index (χ0v) is 63.9. The van der Waals surface area contributed by atoms with Gasteiger partial charge in [0.25, 0.3) is 0 Å². The quantitative estimate of drug-likeness (QED) is 0.0167. The molecule has 24 N–H and O–H groups in total. The van der Waals surface area contributed by atoms with Crippen LogP contribution < -0.4 is 33.7 Å². The van der Waals surface area contributed by atoms with E-state index in [4.69, 9.17) is 43.3 Å². The largest absolute Gasteiger partial charge is 0.497 e. The van der Waals surface area contributed by atoms with Gasteiger partial charge in [-0.2, -0.15) is 17.2 Å². The SMILES string of the molecule is N=C(O)CCN(CCC(=N)O)S(=O)(=O)c1cccc(N=c2[nH]c(=Nc3cccc(S(=O)(=O)N(CCC(=N)O)CCC(=N)O)c3)[nH]c(=Nc3ccc(-c4ccc(N=c5[nH]c(=Nc6cccc(S(=O)(=O)N(CCC(=N)O)CCC(=N)O)c6)[nH]c(=Nc6cccc(S(=O)(=O)N(CCC(=N)O)CCC(=N)O)c6)[nH]5)cc4C(=O)O)c(C(=O)O)c3)[nH]2)c1. The zero-order chi connectivity index (χ0) is 85.0. The third-order valence-corrected chi connectivity index (χ3v) is 23.8. The third-order valence-electron chi connectivity index (χ3n) is 16.2. The number of carboxylic acids is 2. The first-order chi connectivity index (χ1) is 54.7. The topological polar surface area (TPSA) is 746 Å². The minimum absolute atomic E-state index is 0.0736. The summed E-state index contributed by atoms with van der Waals surface area (Å²) < 4.78 is 116. The van der Waals surface area contributed by atoms with Crippen LogP contribution in [0.3, 0.4) is 0 Å². The van der Waals surface area contributed by atoms with Crippen molar-refractivity contribution < 1.29 is 94.3 Å². The standard InChI is InChI=1S/C68H78N24O20S4/c69-53(93)17-25-89(26-18-54(70)94)113(105,106)45-9-1-5-39(33-45)77-63-83-64(78-40-6-2-10-46(34-40)114(107,108)90(27-19-55(71)95)28-20-56(72)96)86-67(85-63)81-43-13-15-49(51(37-43)61(101)102)50-16-14-44(38-52(50)62(103)104)82-68-87-65(79-41-7-3-11-47(35-41)115(109,110)91(29-21-57(73)97)30-22-58(74)98)84-66(88-68)80-42-8-4-12-48(36-42)116(111,112)92(31-23-59(75)99)32-24-60(76)100/h1-16,33-38H,17-32H2,(H2,69,93)(H2,70,94)(H2,71,95)(H2,72,96)(H2,73,97)(H2,74,98)(H2,75,99)(H2,76,100)(H,101,102)(H,103,104)(H3,77,78,81,83,85,86)(H3,79,80,82,84,87,88). The van der Waals surface area contributed by atoms with E-state index in [0.717, 1.165) is 53.6 Å². The maximum atomic E-state index is 14.1. The summed E-state index contributed by atoms with van der Waals surface area (Å²) in [6.45, 7) is -3.43. The molecular weight excluding hydrogens is 1600 g/mol. The minimum atomic E-state index is -4.50. The molecule has 614 valence electrons. The number of nitrogens with one attached hydrogen (secondary N) is 14. The summed E-state index contributed by atoms with van der Waals surface area (Å²) in [6.07, 6.45) is -3.40. The van der Waals surface area contributed by atoms with Crippen LogP contribution in [-0.2, 0) is 40.1 Å². The molecule has 0 amide bonds. The zero-order valence-electron chi connectivity index (χ0n) is 60.7. The van der Waals surface area contributed by atoms with Crippen molar-refractivity contribution in [2.24, 2.45) is 30.0 Å². The van der Waals surface area contributed by atoms with E-state index in [1.54, 1.807) is 0 Å². The molecule has 0 unspecified atom stereocenters. The molecule has 0 saturated heterocycles. The van der Waals surface area contributed by atoms with Gasteiger partial charge in [-0.1, -0.05) is 36.4 Å². The Kier molecular flexibility index (Phi) is 29.5. The molecule has 0 aliphatic heterocycles. The van der Waals surface area contributed by atoms with Crippen molar-refractivity contribution >= 4 is 133 Å². The van der Waals surface area contributed by atoms with Crippen LogP contribution in [0.1, 0.15) is 72.1 Å². The van der Waals surface area contributed by atoms with Crippen molar-refractivity contribution in [1.82, 2.24) is 47.1 Å². The molecule has 8 aromatic rings. The molecule has 8 rings (SSSR count). The lowest BCUT2D eigenvalue weighted by Gasteiger charge is -2.21. The van der Waals surface area contributed by atoms with Gasteiger partial charge in [-0.3, -0.25) is 73.2 Å². The molecular formula is C68H78N24O20S4. The molecule has 0 fully saturated rings. The molecule has 44 nitrogen and oxygen atoms in total. The molecule has 2 heterocycles. The van der Waals surface area contributed by atoms with Gasteiger partial charge in [0.2, 0.25) is 73.8 Å². The highest BCUT2D eigenvalue weighted by Gasteiger charge is 2.30. The van der Waals surface area contributed by atoms with Gasteiger partial charge in [0.15, 0.2) is 47.2 Å². The lowest BCUT2D eigenvalue weighted by Crippen LogP contribution is -2.36. The van der Waals surface area contributed by atoms with E-state index in [-0.39, 0.29) is 98.5 Å². The fraction of sp³-hybridized carbons (Fsp3) is 0.235. The Hall–Kier alpha value is -13.5. The summed E-state index contributed by atoms with van der Waals surface area (Å²) in [5.41, 5.74) is -3.68. The number of aromatic amines is 6. The fourth-order valence-corrected chi connectivity index (χ4v) is 16.6. The van der Waals surface area contributed by atoms with E-state index in [1.807, 2.05) is 0 Å². The number of nitrogens with zero attached hydrogens (tertiary/aromatic N) is 10. The highest BCUT2D eigenvalue weighted by atomic mass is 32.2. The predicted molar refractivity (Wildman–Crippen MR) is 417 cm³/mol. The number of sulfonamides is 4. The highest BCUT2D eigenvalue weighted by Crippen LogP contribution is 2.34. The average molecular weight is 1680 g/mol. The van der Waals surface area contributed by atoms with Crippen molar-refractivity contribution in [3.05, 3.63) is 178 Å². The van der Waals surface area contributed by atoms with E-state index >= 15 is 0 Å². The number of H-pyrrole nitrogens is 6. The Bertz CT molecular complexity index is 5420. The Morgan fingerprint density at radius 2 is 0.440 bits per heavy atom.